The second-order valence-electron chi connectivity index (χ2n) is 5.47. The minimum Gasteiger partial charge on any atom is -0.492 e. The van der Waals surface area contributed by atoms with E-state index in [0.717, 1.165) is 5.75 Å². The van der Waals surface area contributed by atoms with Crippen molar-refractivity contribution in [2.45, 2.75) is 6.92 Å². The van der Waals surface area contributed by atoms with Crippen molar-refractivity contribution in [3.63, 3.8) is 0 Å². The van der Waals surface area contributed by atoms with E-state index in [-0.39, 0.29) is 18.4 Å². The molecule has 1 aliphatic heterocycles. The molecule has 0 spiro atoms. The summed E-state index contributed by atoms with van der Waals surface area (Å²) < 4.78 is 10.8. The Balaban J connectivity index is 1.51. The molecular weight excluding hydrogens is 308 g/mol. The van der Waals surface area contributed by atoms with Gasteiger partial charge in [-0.05, 0) is 37.3 Å². The number of nitrogens with one attached hydrogen (secondary N) is 2. The molecule has 6 nitrogen and oxygen atoms in total. The van der Waals surface area contributed by atoms with Crippen molar-refractivity contribution in [1.82, 2.24) is 5.32 Å². The van der Waals surface area contributed by atoms with Crippen molar-refractivity contribution in [3.05, 3.63) is 53.6 Å². The van der Waals surface area contributed by atoms with Crippen LogP contribution < -0.4 is 20.1 Å². The highest BCUT2D eigenvalue weighted by Gasteiger charge is 2.17. The van der Waals surface area contributed by atoms with Crippen LogP contribution in [0.15, 0.2) is 42.5 Å². The van der Waals surface area contributed by atoms with Gasteiger partial charge in [-0.3, -0.25) is 9.59 Å². The Morgan fingerprint density at radius 1 is 1.25 bits per heavy atom. The Kier molecular flexibility index (Phi) is 4.65. The zero-order valence-corrected chi connectivity index (χ0v) is 13.3. The van der Waals surface area contributed by atoms with Crippen LogP contribution in [0.2, 0.25) is 0 Å². The third-order valence-electron chi connectivity index (χ3n) is 3.55. The van der Waals surface area contributed by atoms with Gasteiger partial charge >= 0.3 is 0 Å². The molecule has 0 saturated carbocycles. The molecule has 0 aromatic heterocycles. The van der Waals surface area contributed by atoms with Gasteiger partial charge in [0.25, 0.3) is 11.8 Å². The minimum atomic E-state index is -0.231. The number of hydrogen-bond acceptors (Lipinski definition) is 4. The predicted octanol–water partition coefficient (Wildman–Crippen LogP) is 2.13. The van der Waals surface area contributed by atoms with E-state index in [4.69, 9.17) is 9.47 Å². The lowest BCUT2D eigenvalue weighted by molar-refractivity contribution is -0.118. The molecule has 124 valence electrons. The first kappa shape index (κ1) is 15.9. The molecular formula is C18H18N2O4. The lowest BCUT2D eigenvalue weighted by Gasteiger charge is -2.18. The van der Waals surface area contributed by atoms with E-state index in [2.05, 4.69) is 10.6 Å². The predicted molar refractivity (Wildman–Crippen MR) is 89.6 cm³/mol. The molecule has 2 aromatic carbocycles. The van der Waals surface area contributed by atoms with E-state index >= 15 is 0 Å². The number of fused-ring (bicyclic) bond motifs is 1. The maximum atomic E-state index is 12.1. The number of ether oxygens (including phenoxy) is 2. The summed E-state index contributed by atoms with van der Waals surface area (Å²) in [5, 5.41) is 5.46. The van der Waals surface area contributed by atoms with Gasteiger partial charge in [-0.1, -0.05) is 17.7 Å². The molecule has 2 aromatic rings. The number of amides is 2. The van der Waals surface area contributed by atoms with Crippen LogP contribution in [0.5, 0.6) is 11.5 Å². The van der Waals surface area contributed by atoms with E-state index in [1.54, 1.807) is 18.2 Å². The zero-order valence-electron chi connectivity index (χ0n) is 13.3. The van der Waals surface area contributed by atoms with Gasteiger partial charge in [-0.2, -0.15) is 0 Å². The van der Waals surface area contributed by atoms with E-state index in [1.807, 2.05) is 31.2 Å². The molecule has 1 aliphatic rings. The summed E-state index contributed by atoms with van der Waals surface area (Å²) in [7, 11) is 0. The van der Waals surface area contributed by atoms with E-state index < -0.39 is 0 Å². The van der Waals surface area contributed by atoms with Crippen molar-refractivity contribution in [3.8, 4) is 11.5 Å². The molecule has 0 bridgehead atoms. The Hall–Kier alpha value is -3.02. The Labute approximate surface area is 139 Å². The SMILES string of the molecule is Cc1ccc(OCCNC(=O)c2ccc3c(c2)NC(=O)CO3)cc1. The molecule has 0 atom stereocenters. The first-order valence-corrected chi connectivity index (χ1v) is 7.66. The lowest BCUT2D eigenvalue weighted by Crippen LogP contribution is -2.29. The average Bonchev–Trinajstić information content (AvgIpc) is 2.59. The van der Waals surface area contributed by atoms with Crippen LogP contribution >= 0.6 is 0 Å². The van der Waals surface area contributed by atoms with Gasteiger partial charge in [0.15, 0.2) is 6.61 Å². The van der Waals surface area contributed by atoms with Crippen LogP contribution in [0.3, 0.4) is 0 Å². The van der Waals surface area contributed by atoms with Gasteiger partial charge in [0, 0.05) is 5.56 Å². The third-order valence-corrected chi connectivity index (χ3v) is 3.55. The first-order valence-electron chi connectivity index (χ1n) is 7.66. The Morgan fingerprint density at radius 3 is 2.83 bits per heavy atom. The summed E-state index contributed by atoms with van der Waals surface area (Å²) in [4.78, 5) is 23.5. The van der Waals surface area contributed by atoms with Crippen molar-refractivity contribution in [1.29, 1.82) is 0 Å². The fourth-order valence-electron chi connectivity index (χ4n) is 2.29. The molecule has 3 rings (SSSR count). The highest BCUT2D eigenvalue weighted by molar-refractivity contribution is 5.99. The first-order chi connectivity index (χ1) is 11.6. The van der Waals surface area contributed by atoms with Crippen molar-refractivity contribution in [2.24, 2.45) is 0 Å². The topological polar surface area (TPSA) is 76.7 Å². The maximum absolute atomic E-state index is 12.1. The number of benzene rings is 2. The van der Waals surface area contributed by atoms with Crippen molar-refractivity contribution < 1.29 is 19.1 Å². The second kappa shape index (κ2) is 7.04. The number of rotatable bonds is 5. The molecule has 1 heterocycles. The van der Waals surface area contributed by atoms with Crippen LogP contribution in [0.4, 0.5) is 5.69 Å². The molecule has 0 radical (unpaired) electrons. The Bertz CT molecular complexity index is 756. The van der Waals surface area contributed by atoms with Crippen LogP contribution in [0.25, 0.3) is 0 Å². The maximum Gasteiger partial charge on any atom is 0.262 e. The highest BCUT2D eigenvalue weighted by Crippen LogP contribution is 2.28. The molecule has 6 heteroatoms. The van der Waals surface area contributed by atoms with Crippen molar-refractivity contribution in [2.75, 3.05) is 25.1 Å². The fourth-order valence-corrected chi connectivity index (χ4v) is 2.29. The van der Waals surface area contributed by atoms with Gasteiger partial charge in [0.05, 0.1) is 12.2 Å². The van der Waals surface area contributed by atoms with Gasteiger partial charge in [-0.15, -0.1) is 0 Å². The molecule has 0 saturated heterocycles. The summed E-state index contributed by atoms with van der Waals surface area (Å²) in [5.41, 5.74) is 2.13. The summed E-state index contributed by atoms with van der Waals surface area (Å²) in [5.74, 6) is 0.869. The molecule has 24 heavy (non-hydrogen) atoms. The van der Waals surface area contributed by atoms with E-state index in [0.29, 0.717) is 30.2 Å². The third kappa shape index (κ3) is 3.84. The Morgan fingerprint density at radius 2 is 2.04 bits per heavy atom. The van der Waals surface area contributed by atoms with E-state index in [9.17, 15) is 9.59 Å². The number of aryl methyl sites for hydroxylation is 1. The number of carbonyl (C=O) groups excluding carboxylic acids is 2. The van der Waals surface area contributed by atoms with Crippen LogP contribution in [0, 0.1) is 6.92 Å². The normalized spacial score (nSPS) is 12.6. The zero-order chi connectivity index (χ0) is 16.9. The molecule has 0 aliphatic carbocycles. The number of hydrogen-bond donors (Lipinski definition) is 2. The fraction of sp³-hybridized carbons (Fsp3) is 0.222. The minimum absolute atomic E-state index is 0.00507. The number of carbonyl (C=O) groups is 2. The summed E-state index contributed by atoms with van der Waals surface area (Å²) in [6, 6.07) is 12.7. The smallest absolute Gasteiger partial charge is 0.262 e. The van der Waals surface area contributed by atoms with Gasteiger partial charge in [-0.25, -0.2) is 0 Å². The quantitative estimate of drug-likeness (QED) is 0.825. The average molecular weight is 326 g/mol. The summed E-state index contributed by atoms with van der Waals surface area (Å²) in [6.07, 6.45) is 0. The van der Waals surface area contributed by atoms with Crippen LogP contribution in [-0.4, -0.2) is 31.6 Å². The summed E-state index contributed by atoms with van der Waals surface area (Å²) in [6.45, 7) is 2.76. The molecule has 0 unspecified atom stereocenters. The molecule has 2 N–H and O–H groups in total. The highest BCUT2D eigenvalue weighted by atomic mass is 16.5. The van der Waals surface area contributed by atoms with Crippen LogP contribution in [-0.2, 0) is 4.79 Å². The van der Waals surface area contributed by atoms with Crippen molar-refractivity contribution >= 4 is 17.5 Å². The number of anilines is 1. The second-order valence-corrected chi connectivity index (χ2v) is 5.47. The van der Waals surface area contributed by atoms with Gasteiger partial charge in [0.2, 0.25) is 0 Å². The molecule has 2 amide bonds. The summed E-state index contributed by atoms with van der Waals surface area (Å²) >= 11 is 0. The monoisotopic (exact) mass is 326 g/mol. The van der Waals surface area contributed by atoms with Crippen LogP contribution in [0.1, 0.15) is 15.9 Å². The van der Waals surface area contributed by atoms with E-state index in [1.165, 1.54) is 5.56 Å². The largest absolute Gasteiger partial charge is 0.492 e. The van der Waals surface area contributed by atoms with Gasteiger partial charge < -0.3 is 20.1 Å². The standard InChI is InChI=1S/C18H18N2O4/c1-12-2-5-14(6-3-12)23-9-8-19-18(22)13-4-7-16-15(10-13)20-17(21)11-24-16/h2-7,10H,8-9,11H2,1H3,(H,19,22)(H,20,21). The lowest BCUT2D eigenvalue weighted by atomic mass is 10.1. The molecule has 0 fully saturated rings. The van der Waals surface area contributed by atoms with Gasteiger partial charge in [0.1, 0.15) is 18.1 Å².